The lowest BCUT2D eigenvalue weighted by Crippen LogP contribution is -2.44. The van der Waals surface area contributed by atoms with Gasteiger partial charge < -0.3 is 20.3 Å². The molecule has 1 aromatic rings. The molecule has 1 aliphatic rings. The summed E-state index contributed by atoms with van der Waals surface area (Å²) in [5.41, 5.74) is 8.82. The van der Waals surface area contributed by atoms with Crippen LogP contribution in [0.1, 0.15) is 18.4 Å². The quantitative estimate of drug-likeness (QED) is 0.646. The van der Waals surface area contributed by atoms with Crippen LogP contribution in [0, 0.1) is 0 Å². The van der Waals surface area contributed by atoms with Crippen molar-refractivity contribution in [3.05, 3.63) is 23.8 Å². The number of aldehydes is 1. The highest BCUT2D eigenvalue weighted by Crippen LogP contribution is 2.26. The first-order chi connectivity index (χ1) is 8.61. The summed E-state index contributed by atoms with van der Waals surface area (Å²) in [7, 11) is 2.14. The largest absolute Gasteiger partial charge is 0.398 e. The number of rotatable bonds is 3. The van der Waals surface area contributed by atoms with E-state index in [0.717, 1.165) is 43.7 Å². The topological polar surface area (TPSA) is 49.6 Å². The molecule has 4 nitrogen and oxygen atoms in total. The number of hydrogen-bond acceptors (Lipinski definition) is 4. The van der Waals surface area contributed by atoms with E-state index in [2.05, 4.69) is 22.9 Å². The molecule has 18 heavy (non-hydrogen) atoms. The first-order valence-electron chi connectivity index (χ1n) is 6.40. The van der Waals surface area contributed by atoms with E-state index in [9.17, 15) is 4.79 Å². The second-order valence-corrected chi connectivity index (χ2v) is 5.03. The van der Waals surface area contributed by atoms with E-state index in [4.69, 9.17) is 5.73 Å². The zero-order valence-corrected chi connectivity index (χ0v) is 11.1. The molecule has 0 aromatic heterocycles. The van der Waals surface area contributed by atoms with Crippen molar-refractivity contribution in [3.63, 3.8) is 0 Å². The van der Waals surface area contributed by atoms with Crippen molar-refractivity contribution >= 4 is 17.7 Å². The summed E-state index contributed by atoms with van der Waals surface area (Å²) in [5, 5.41) is 0. The number of likely N-dealkylation sites (N-methyl/N-ethyl adjacent to an activating group) is 1. The molecule has 2 N–H and O–H groups in total. The Kier molecular flexibility index (Phi) is 3.87. The number of nitrogen functional groups attached to an aromatic ring is 1. The second-order valence-electron chi connectivity index (χ2n) is 5.03. The van der Waals surface area contributed by atoms with Gasteiger partial charge in [-0.25, -0.2) is 0 Å². The first-order valence-corrected chi connectivity index (χ1v) is 6.40. The summed E-state index contributed by atoms with van der Waals surface area (Å²) in [4.78, 5) is 15.5. The Hall–Kier alpha value is -1.55. The lowest BCUT2D eigenvalue weighted by Gasteiger charge is -2.34. The van der Waals surface area contributed by atoms with Crippen molar-refractivity contribution in [2.45, 2.75) is 12.8 Å². The Balaban J connectivity index is 2.16. The van der Waals surface area contributed by atoms with Crippen molar-refractivity contribution < 1.29 is 4.79 Å². The monoisotopic (exact) mass is 247 g/mol. The van der Waals surface area contributed by atoms with Gasteiger partial charge >= 0.3 is 0 Å². The van der Waals surface area contributed by atoms with E-state index >= 15 is 0 Å². The van der Waals surface area contributed by atoms with Gasteiger partial charge in [0.15, 0.2) is 0 Å². The van der Waals surface area contributed by atoms with Gasteiger partial charge in [0.25, 0.3) is 0 Å². The Morgan fingerprint density at radius 3 is 2.50 bits per heavy atom. The van der Waals surface area contributed by atoms with Crippen LogP contribution in [-0.4, -0.2) is 44.4 Å². The summed E-state index contributed by atoms with van der Waals surface area (Å²) in [5.74, 6) is -0.133. The van der Waals surface area contributed by atoms with E-state index in [1.807, 2.05) is 19.1 Å². The van der Waals surface area contributed by atoms with Crippen LogP contribution in [0.25, 0.3) is 0 Å². The number of nitrogens with two attached hydrogens (primary N) is 1. The Morgan fingerprint density at radius 1 is 1.28 bits per heavy atom. The highest BCUT2D eigenvalue weighted by Gasteiger charge is 2.16. The van der Waals surface area contributed by atoms with E-state index in [1.54, 1.807) is 0 Å². The highest BCUT2D eigenvalue weighted by atomic mass is 16.1. The van der Waals surface area contributed by atoms with Crippen LogP contribution >= 0.6 is 0 Å². The van der Waals surface area contributed by atoms with Gasteiger partial charge in [0.05, 0.1) is 0 Å². The summed E-state index contributed by atoms with van der Waals surface area (Å²) in [6.07, 6.45) is 0.932. The van der Waals surface area contributed by atoms with E-state index < -0.39 is 0 Å². The van der Waals surface area contributed by atoms with E-state index in [0.29, 0.717) is 5.69 Å². The Labute approximate surface area is 108 Å². The first kappa shape index (κ1) is 12.9. The van der Waals surface area contributed by atoms with Crippen LogP contribution in [0.2, 0.25) is 0 Å². The SMILES string of the molecule is CC(C=O)c1ccc(N2CCN(C)CC2)cc1N. The molecule has 0 bridgehead atoms. The normalized spacial score (nSPS) is 18.7. The van der Waals surface area contributed by atoms with Crippen LogP contribution in [0.3, 0.4) is 0 Å². The Morgan fingerprint density at radius 2 is 1.94 bits per heavy atom. The number of carbonyl (C=O) groups excluding carboxylic acids is 1. The number of anilines is 2. The van der Waals surface area contributed by atoms with Gasteiger partial charge in [0.1, 0.15) is 6.29 Å². The van der Waals surface area contributed by atoms with Gasteiger partial charge in [-0.05, 0) is 24.7 Å². The molecule has 1 saturated heterocycles. The maximum Gasteiger partial charge on any atom is 0.127 e. The molecule has 4 heteroatoms. The van der Waals surface area contributed by atoms with Crippen molar-refractivity contribution in [2.24, 2.45) is 0 Å². The third-order valence-corrected chi connectivity index (χ3v) is 3.63. The zero-order chi connectivity index (χ0) is 13.1. The number of nitrogens with zero attached hydrogens (tertiary/aromatic N) is 2. The van der Waals surface area contributed by atoms with Crippen LogP contribution in [0.4, 0.5) is 11.4 Å². The molecule has 1 unspecified atom stereocenters. The molecule has 1 aliphatic heterocycles. The summed E-state index contributed by atoms with van der Waals surface area (Å²) in [6, 6.07) is 6.03. The van der Waals surface area contributed by atoms with Gasteiger partial charge in [-0.3, -0.25) is 0 Å². The fourth-order valence-electron chi connectivity index (χ4n) is 2.31. The minimum absolute atomic E-state index is 0.133. The number of piperazine rings is 1. The molecule has 1 heterocycles. The number of hydrogen-bond donors (Lipinski definition) is 1. The van der Waals surface area contributed by atoms with E-state index in [1.165, 1.54) is 0 Å². The van der Waals surface area contributed by atoms with Crippen molar-refractivity contribution in [1.82, 2.24) is 4.90 Å². The van der Waals surface area contributed by atoms with E-state index in [-0.39, 0.29) is 5.92 Å². The Bertz CT molecular complexity index is 425. The van der Waals surface area contributed by atoms with Crippen LogP contribution < -0.4 is 10.6 Å². The van der Waals surface area contributed by atoms with Crippen molar-refractivity contribution in [3.8, 4) is 0 Å². The summed E-state index contributed by atoms with van der Waals surface area (Å²) in [6.45, 7) is 6.07. The minimum Gasteiger partial charge on any atom is -0.398 e. The molecule has 2 rings (SSSR count). The molecular weight excluding hydrogens is 226 g/mol. The minimum atomic E-state index is -0.133. The van der Waals surface area contributed by atoms with Gasteiger partial charge in [-0.15, -0.1) is 0 Å². The molecule has 0 amide bonds. The van der Waals surface area contributed by atoms with Crippen LogP contribution in [-0.2, 0) is 4.79 Å². The molecular formula is C14H21N3O. The molecule has 0 aliphatic carbocycles. The average molecular weight is 247 g/mol. The molecule has 1 aromatic carbocycles. The summed E-state index contributed by atoms with van der Waals surface area (Å²) < 4.78 is 0. The summed E-state index contributed by atoms with van der Waals surface area (Å²) >= 11 is 0. The zero-order valence-electron chi connectivity index (χ0n) is 11.1. The van der Waals surface area contributed by atoms with Crippen LogP contribution in [0.15, 0.2) is 18.2 Å². The smallest absolute Gasteiger partial charge is 0.127 e. The predicted molar refractivity (Wildman–Crippen MR) is 75.0 cm³/mol. The van der Waals surface area contributed by atoms with Crippen molar-refractivity contribution in [1.29, 1.82) is 0 Å². The molecule has 1 atom stereocenters. The predicted octanol–water partition coefficient (Wildman–Crippen LogP) is 1.32. The van der Waals surface area contributed by atoms with Gasteiger partial charge in [0.2, 0.25) is 0 Å². The maximum absolute atomic E-state index is 10.8. The fraction of sp³-hybridized carbons (Fsp3) is 0.500. The average Bonchev–Trinajstić information content (AvgIpc) is 2.38. The molecule has 0 spiro atoms. The third-order valence-electron chi connectivity index (χ3n) is 3.63. The number of benzene rings is 1. The van der Waals surface area contributed by atoms with Gasteiger partial charge in [-0.1, -0.05) is 13.0 Å². The van der Waals surface area contributed by atoms with Crippen LogP contribution in [0.5, 0.6) is 0 Å². The van der Waals surface area contributed by atoms with Gasteiger partial charge in [0, 0.05) is 43.5 Å². The molecule has 98 valence electrons. The molecule has 1 fully saturated rings. The standard InChI is InChI=1S/C14H21N3O/c1-11(10-18)13-4-3-12(9-14(13)15)17-7-5-16(2)6-8-17/h3-4,9-11H,5-8,15H2,1-2H3. The lowest BCUT2D eigenvalue weighted by atomic mass is 10.00. The fourth-order valence-corrected chi connectivity index (χ4v) is 2.31. The maximum atomic E-state index is 10.8. The van der Waals surface area contributed by atoms with Gasteiger partial charge in [-0.2, -0.15) is 0 Å². The molecule has 0 saturated carbocycles. The lowest BCUT2D eigenvalue weighted by molar-refractivity contribution is -0.108. The van der Waals surface area contributed by atoms with Crippen molar-refractivity contribution in [2.75, 3.05) is 43.9 Å². The second kappa shape index (κ2) is 5.40. The molecule has 0 radical (unpaired) electrons. The third kappa shape index (κ3) is 2.64. The number of carbonyl (C=O) groups is 1. The highest BCUT2D eigenvalue weighted by molar-refractivity contribution is 5.70.